The molecule has 0 saturated carbocycles. The van der Waals surface area contributed by atoms with Gasteiger partial charge in [-0.2, -0.15) is 0 Å². The van der Waals surface area contributed by atoms with E-state index in [2.05, 4.69) is 35.0 Å². The number of benzene rings is 1. The normalized spacial score (nSPS) is 18.8. The van der Waals surface area contributed by atoms with E-state index >= 15 is 0 Å². The number of hydrogen-bond donors (Lipinski definition) is 0. The van der Waals surface area contributed by atoms with E-state index < -0.39 is 0 Å². The summed E-state index contributed by atoms with van der Waals surface area (Å²) in [5, 5.41) is 1.96. The Balaban J connectivity index is 2.06. The van der Waals surface area contributed by atoms with Crippen LogP contribution in [0.25, 0.3) is 5.70 Å². The lowest BCUT2D eigenvalue weighted by Gasteiger charge is -2.17. The lowest BCUT2D eigenvalue weighted by Crippen LogP contribution is -2.19. The molecular weight excluding hydrogens is 252 g/mol. The molecule has 0 bridgehead atoms. The van der Waals surface area contributed by atoms with E-state index in [-0.39, 0.29) is 0 Å². The highest BCUT2D eigenvalue weighted by molar-refractivity contribution is 8.17. The van der Waals surface area contributed by atoms with Crippen LogP contribution in [0.4, 0.5) is 0 Å². The zero-order chi connectivity index (χ0) is 12.0. The fourth-order valence-corrected chi connectivity index (χ4v) is 3.42. The predicted octanol–water partition coefficient (Wildman–Crippen LogP) is 3.76. The van der Waals surface area contributed by atoms with Gasteiger partial charge in [0.05, 0.1) is 12.2 Å². The van der Waals surface area contributed by atoms with Crippen molar-refractivity contribution in [2.75, 3.05) is 13.1 Å². The van der Waals surface area contributed by atoms with Gasteiger partial charge >= 0.3 is 0 Å². The second-order valence-electron chi connectivity index (χ2n) is 4.29. The molecule has 0 N–H and O–H groups in total. The molecule has 0 amide bonds. The lowest BCUT2D eigenvalue weighted by atomic mass is 10.1. The Morgan fingerprint density at radius 2 is 2.18 bits per heavy atom. The first-order chi connectivity index (χ1) is 8.16. The van der Waals surface area contributed by atoms with Gasteiger partial charge in [-0.3, -0.25) is 4.99 Å². The molecule has 88 valence electrons. The molecule has 0 saturated heterocycles. The summed E-state index contributed by atoms with van der Waals surface area (Å²) in [6.45, 7) is 6.06. The third-order valence-corrected chi connectivity index (χ3v) is 4.53. The maximum atomic E-state index is 6.20. The van der Waals surface area contributed by atoms with Crippen LogP contribution in [0, 0.1) is 6.92 Å². The van der Waals surface area contributed by atoms with Crippen LogP contribution >= 0.6 is 23.4 Å². The van der Waals surface area contributed by atoms with Gasteiger partial charge in [-0.15, -0.1) is 0 Å². The molecule has 3 rings (SSSR count). The van der Waals surface area contributed by atoms with E-state index in [1.807, 2.05) is 6.92 Å². The fraction of sp³-hybridized carbons (Fsp3) is 0.308. The Hall–Kier alpha value is -0.930. The molecule has 0 atom stereocenters. The van der Waals surface area contributed by atoms with Gasteiger partial charge in [0.25, 0.3) is 0 Å². The highest BCUT2D eigenvalue weighted by Crippen LogP contribution is 2.41. The summed E-state index contributed by atoms with van der Waals surface area (Å²) >= 11 is 7.97. The van der Waals surface area contributed by atoms with Crippen molar-refractivity contribution in [3.8, 4) is 0 Å². The Bertz CT molecular complexity index is 548. The van der Waals surface area contributed by atoms with Gasteiger partial charge in [0.15, 0.2) is 5.17 Å². The van der Waals surface area contributed by atoms with Gasteiger partial charge in [-0.1, -0.05) is 35.5 Å². The third-order valence-electron chi connectivity index (χ3n) is 3.09. The predicted molar refractivity (Wildman–Crippen MR) is 75.4 cm³/mol. The number of aliphatic imine (C=N–C) groups is 1. The van der Waals surface area contributed by atoms with E-state index in [1.165, 1.54) is 16.2 Å². The molecule has 17 heavy (non-hydrogen) atoms. The topological polar surface area (TPSA) is 15.6 Å². The van der Waals surface area contributed by atoms with Crippen LogP contribution in [-0.4, -0.2) is 23.2 Å². The summed E-state index contributed by atoms with van der Waals surface area (Å²) in [5.41, 5.74) is 3.58. The number of allylic oxidation sites excluding steroid dienone is 1. The quantitative estimate of drug-likeness (QED) is 0.768. The number of hydrogen-bond acceptors (Lipinski definition) is 3. The molecule has 0 radical (unpaired) electrons. The van der Waals surface area contributed by atoms with Crippen LogP contribution in [0.15, 0.2) is 28.1 Å². The molecular formula is C13H13ClN2S. The van der Waals surface area contributed by atoms with Crippen molar-refractivity contribution < 1.29 is 0 Å². The average molecular weight is 265 g/mol. The van der Waals surface area contributed by atoms with Crippen molar-refractivity contribution in [3.05, 3.63) is 39.3 Å². The SMILES string of the molecule is CC1=C(c2ccc(C)c(Cl)c2)N2CCN=C2S1. The van der Waals surface area contributed by atoms with Gasteiger partial charge in [0, 0.05) is 22.0 Å². The van der Waals surface area contributed by atoms with Crippen LogP contribution in [0.1, 0.15) is 18.1 Å². The first-order valence-electron chi connectivity index (χ1n) is 5.64. The van der Waals surface area contributed by atoms with Gasteiger partial charge < -0.3 is 4.90 Å². The first kappa shape index (κ1) is 11.2. The summed E-state index contributed by atoms with van der Waals surface area (Å²) in [7, 11) is 0. The minimum Gasteiger partial charge on any atom is -0.318 e. The van der Waals surface area contributed by atoms with E-state index in [4.69, 9.17) is 11.6 Å². The van der Waals surface area contributed by atoms with Crippen molar-refractivity contribution in [1.29, 1.82) is 0 Å². The highest BCUT2D eigenvalue weighted by Gasteiger charge is 2.30. The van der Waals surface area contributed by atoms with Gasteiger partial charge in [0.2, 0.25) is 0 Å². The van der Waals surface area contributed by atoms with E-state index in [0.717, 1.165) is 28.8 Å². The number of rotatable bonds is 1. The number of aryl methyl sites for hydroxylation is 1. The monoisotopic (exact) mass is 264 g/mol. The van der Waals surface area contributed by atoms with Crippen molar-refractivity contribution in [2.24, 2.45) is 4.99 Å². The molecule has 0 unspecified atom stereocenters. The summed E-state index contributed by atoms with van der Waals surface area (Å²) in [6, 6.07) is 6.27. The number of halogens is 1. The zero-order valence-electron chi connectivity index (χ0n) is 9.83. The summed E-state index contributed by atoms with van der Waals surface area (Å²) in [6.07, 6.45) is 0. The van der Waals surface area contributed by atoms with Gasteiger partial charge in [-0.05, 0) is 25.5 Å². The third kappa shape index (κ3) is 1.78. The molecule has 0 spiro atoms. The maximum absolute atomic E-state index is 6.20. The van der Waals surface area contributed by atoms with Gasteiger partial charge in [-0.25, -0.2) is 0 Å². The average Bonchev–Trinajstić information content (AvgIpc) is 2.82. The Kier molecular flexibility index (Phi) is 2.68. The number of nitrogens with zero attached hydrogens (tertiary/aromatic N) is 2. The fourth-order valence-electron chi connectivity index (χ4n) is 2.20. The molecule has 2 heterocycles. The number of thioether (sulfide) groups is 1. The minimum atomic E-state index is 0.831. The molecule has 2 aliphatic heterocycles. The molecule has 1 aromatic carbocycles. The lowest BCUT2D eigenvalue weighted by molar-refractivity contribution is 0.648. The summed E-state index contributed by atoms with van der Waals surface area (Å²) in [4.78, 5) is 8.10. The zero-order valence-corrected chi connectivity index (χ0v) is 11.4. The summed E-state index contributed by atoms with van der Waals surface area (Å²) < 4.78 is 0. The molecule has 0 fully saturated rings. The first-order valence-corrected chi connectivity index (χ1v) is 6.83. The second-order valence-corrected chi connectivity index (χ2v) is 5.88. The van der Waals surface area contributed by atoms with Gasteiger partial charge in [0.1, 0.15) is 0 Å². The molecule has 0 aliphatic carbocycles. The summed E-state index contributed by atoms with van der Waals surface area (Å²) in [5.74, 6) is 0. The van der Waals surface area contributed by atoms with E-state index in [9.17, 15) is 0 Å². The van der Waals surface area contributed by atoms with Crippen LogP contribution in [0.5, 0.6) is 0 Å². The van der Waals surface area contributed by atoms with Crippen LogP contribution in [-0.2, 0) is 0 Å². The highest BCUT2D eigenvalue weighted by atomic mass is 35.5. The number of amidine groups is 1. The van der Waals surface area contributed by atoms with Crippen LogP contribution < -0.4 is 0 Å². The second kappa shape index (κ2) is 4.07. The van der Waals surface area contributed by atoms with Crippen LogP contribution in [0.3, 0.4) is 0 Å². The Morgan fingerprint density at radius 3 is 2.94 bits per heavy atom. The minimum absolute atomic E-state index is 0.831. The van der Waals surface area contributed by atoms with Crippen molar-refractivity contribution >= 4 is 34.2 Å². The van der Waals surface area contributed by atoms with Crippen molar-refractivity contribution in [3.63, 3.8) is 0 Å². The molecule has 2 nitrogen and oxygen atoms in total. The van der Waals surface area contributed by atoms with E-state index in [1.54, 1.807) is 11.8 Å². The molecule has 0 aromatic heterocycles. The molecule has 2 aliphatic rings. The maximum Gasteiger partial charge on any atom is 0.168 e. The van der Waals surface area contributed by atoms with E-state index in [0.29, 0.717) is 0 Å². The van der Waals surface area contributed by atoms with Crippen molar-refractivity contribution in [1.82, 2.24) is 4.90 Å². The number of fused-ring (bicyclic) bond motifs is 1. The van der Waals surface area contributed by atoms with Crippen LogP contribution in [0.2, 0.25) is 5.02 Å². The molecule has 1 aromatic rings. The van der Waals surface area contributed by atoms with Crippen molar-refractivity contribution in [2.45, 2.75) is 13.8 Å². The Morgan fingerprint density at radius 1 is 1.35 bits per heavy atom. The smallest absolute Gasteiger partial charge is 0.168 e. The Labute approximate surface area is 110 Å². The standard InChI is InChI=1S/C13H13ClN2S/c1-8-3-4-10(7-11(8)14)12-9(2)17-13-15-5-6-16(12)13/h3-4,7H,5-6H2,1-2H3. The molecule has 4 heteroatoms. The largest absolute Gasteiger partial charge is 0.318 e.